The Bertz CT molecular complexity index is 915. The molecule has 28 heavy (non-hydrogen) atoms. The molecule has 9 heteroatoms. The topological polar surface area (TPSA) is 78.1 Å². The molecule has 1 amide bonds. The summed E-state index contributed by atoms with van der Waals surface area (Å²) < 4.78 is 0. The molecule has 1 fully saturated rings. The van der Waals surface area contributed by atoms with Crippen LogP contribution in [-0.4, -0.2) is 29.3 Å². The van der Waals surface area contributed by atoms with E-state index in [4.69, 9.17) is 34.8 Å². The van der Waals surface area contributed by atoms with E-state index in [9.17, 15) is 4.79 Å². The minimum atomic E-state index is -0.208. The molecule has 1 aliphatic carbocycles. The quantitative estimate of drug-likeness (QED) is 0.580. The Morgan fingerprint density at radius 2 is 1.93 bits per heavy atom. The summed E-state index contributed by atoms with van der Waals surface area (Å²) in [6, 6.07) is 8.87. The first-order chi connectivity index (χ1) is 13.5. The van der Waals surface area contributed by atoms with E-state index in [2.05, 4.69) is 26.3 Å². The average Bonchev–Trinajstić information content (AvgIpc) is 3.06. The van der Waals surface area contributed by atoms with Crippen molar-refractivity contribution in [1.82, 2.24) is 15.6 Å². The molecule has 1 aliphatic heterocycles. The van der Waals surface area contributed by atoms with Gasteiger partial charge in [-0.25, -0.2) is 4.98 Å². The van der Waals surface area contributed by atoms with Gasteiger partial charge in [0.05, 0.1) is 15.7 Å². The highest BCUT2D eigenvalue weighted by Gasteiger charge is 2.35. The molecule has 0 radical (unpaired) electrons. The van der Waals surface area contributed by atoms with Crippen molar-refractivity contribution in [2.45, 2.75) is 31.2 Å². The molecule has 146 valence electrons. The first kappa shape index (κ1) is 19.5. The number of carbonyl (C=O) groups excluding carboxylic acids is 1. The van der Waals surface area contributed by atoms with Crippen LogP contribution in [0.3, 0.4) is 0 Å². The van der Waals surface area contributed by atoms with Gasteiger partial charge in [-0.2, -0.15) is 0 Å². The number of halogens is 3. The van der Waals surface area contributed by atoms with Crippen molar-refractivity contribution >= 4 is 52.2 Å². The van der Waals surface area contributed by atoms with Gasteiger partial charge < -0.3 is 10.6 Å². The third-order valence-corrected chi connectivity index (χ3v) is 5.65. The number of hydrogen-bond acceptors (Lipinski definition) is 5. The van der Waals surface area contributed by atoms with E-state index in [1.165, 1.54) is 0 Å². The molecule has 1 aromatic carbocycles. The normalized spacial score (nSPS) is 23.7. The Morgan fingerprint density at radius 1 is 1.14 bits per heavy atom. The summed E-state index contributed by atoms with van der Waals surface area (Å²) in [6.07, 6.45) is 4.80. The molecule has 0 bridgehead atoms. The number of anilines is 2. The SMILES string of the molecule is O=C(Nc1cc(Cl)ccn1)C1=CC2NC(Nc3c(Cl)cccc3Cl)NC2CC1. The zero-order valence-electron chi connectivity index (χ0n) is 14.7. The van der Waals surface area contributed by atoms with Gasteiger partial charge in [0.1, 0.15) is 12.1 Å². The zero-order chi connectivity index (χ0) is 19.7. The van der Waals surface area contributed by atoms with E-state index < -0.39 is 0 Å². The Labute approximate surface area is 177 Å². The Kier molecular flexibility index (Phi) is 5.75. The van der Waals surface area contributed by atoms with Gasteiger partial charge in [0, 0.05) is 28.9 Å². The lowest BCUT2D eigenvalue weighted by molar-refractivity contribution is -0.113. The Balaban J connectivity index is 1.42. The fourth-order valence-electron chi connectivity index (χ4n) is 3.44. The van der Waals surface area contributed by atoms with E-state index in [1.807, 2.05) is 6.08 Å². The molecule has 1 aromatic heterocycles. The second-order valence-electron chi connectivity index (χ2n) is 6.68. The molecule has 4 rings (SSSR count). The molecule has 2 aliphatic rings. The summed E-state index contributed by atoms with van der Waals surface area (Å²) in [5.41, 5.74) is 1.39. The molecule has 3 atom stereocenters. The number of rotatable bonds is 4. The van der Waals surface area contributed by atoms with Crippen molar-refractivity contribution in [3.63, 3.8) is 0 Å². The van der Waals surface area contributed by atoms with E-state index in [0.717, 1.165) is 6.42 Å². The first-order valence-electron chi connectivity index (χ1n) is 8.86. The number of amides is 1. The molecule has 3 unspecified atom stereocenters. The highest BCUT2D eigenvalue weighted by atomic mass is 35.5. The van der Waals surface area contributed by atoms with Gasteiger partial charge in [-0.15, -0.1) is 0 Å². The molecule has 0 spiro atoms. The van der Waals surface area contributed by atoms with Crippen LogP contribution in [0, 0.1) is 0 Å². The number of carbonyl (C=O) groups is 1. The van der Waals surface area contributed by atoms with E-state index in [-0.39, 0.29) is 24.3 Å². The first-order valence-corrected chi connectivity index (χ1v) is 9.99. The Morgan fingerprint density at radius 3 is 2.68 bits per heavy atom. The van der Waals surface area contributed by atoms with Crippen molar-refractivity contribution < 1.29 is 4.79 Å². The summed E-state index contributed by atoms with van der Waals surface area (Å²) in [5.74, 6) is 0.270. The van der Waals surface area contributed by atoms with E-state index in [1.54, 1.807) is 36.5 Å². The third-order valence-electron chi connectivity index (χ3n) is 4.79. The van der Waals surface area contributed by atoms with Crippen LogP contribution in [0.2, 0.25) is 15.1 Å². The van der Waals surface area contributed by atoms with Gasteiger partial charge in [0.25, 0.3) is 5.91 Å². The van der Waals surface area contributed by atoms with Gasteiger partial charge in [0.2, 0.25) is 0 Å². The van der Waals surface area contributed by atoms with Crippen LogP contribution < -0.4 is 21.3 Å². The maximum absolute atomic E-state index is 12.6. The second kappa shape index (κ2) is 8.27. The number of para-hydroxylation sites is 1. The molecule has 6 nitrogen and oxygen atoms in total. The highest BCUT2D eigenvalue weighted by molar-refractivity contribution is 6.39. The van der Waals surface area contributed by atoms with Gasteiger partial charge >= 0.3 is 0 Å². The van der Waals surface area contributed by atoms with Crippen molar-refractivity contribution in [3.05, 3.63) is 63.2 Å². The standard InChI is InChI=1S/C19H18Cl3N5O/c20-11-6-7-23-16(9-11)26-18(28)10-4-5-14-15(8-10)25-19(24-14)27-17-12(21)2-1-3-13(17)22/h1-3,6-9,14-15,19,24-25,27H,4-5H2,(H,23,26,28). The minimum absolute atomic E-state index is 0.0144. The molecule has 0 saturated carbocycles. The fourth-order valence-corrected chi connectivity index (χ4v) is 4.10. The molecule has 2 heterocycles. The molecule has 2 aromatic rings. The average molecular weight is 439 g/mol. The number of benzene rings is 1. The maximum Gasteiger partial charge on any atom is 0.252 e. The van der Waals surface area contributed by atoms with Gasteiger partial charge in [-0.3, -0.25) is 15.4 Å². The Hall–Kier alpha value is -1.83. The monoisotopic (exact) mass is 437 g/mol. The lowest BCUT2D eigenvalue weighted by Gasteiger charge is -2.23. The van der Waals surface area contributed by atoms with Crippen LogP contribution in [0.5, 0.6) is 0 Å². The van der Waals surface area contributed by atoms with E-state index >= 15 is 0 Å². The number of nitrogens with zero attached hydrogens (tertiary/aromatic N) is 1. The number of pyridine rings is 1. The summed E-state index contributed by atoms with van der Waals surface area (Å²) in [6.45, 7) is 0. The number of fused-ring (bicyclic) bond motifs is 1. The lowest BCUT2D eigenvalue weighted by atomic mass is 9.92. The van der Waals surface area contributed by atoms with Crippen LogP contribution in [0.15, 0.2) is 48.2 Å². The highest BCUT2D eigenvalue weighted by Crippen LogP contribution is 2.31. The van der Waals surface area contributed by atoms with Gasteiger partial charge in [-0.1, -0.05) is 46.9 Å². The number of nitrogens with one attached hydrogen (secondary N) is 4. The van der Waals surface area contributed by atoms with Gasteiger partial charge in [-0.05, 0) is 37.1 Å². The predicted octanol–water partition coefficient (Wildman–Crippen LogP) is 4.03. The summed E-state index contributed by atoms with van der Waals surface area (Å²) >= 11 is 18.4. The van der Waals surface area contributed by atoms with Crippen LogP contribution in [0.1, 0.15) is 12.8 Å². The van der Waals surface area contributed by atoms with Crippen LogP contribution in [-0.2, 0) is 4.79 Å². The van der Waals surface area contributed by atoms with Crippen molar-refractivity contribution in [1.29, 1.82) is 0 Å². The second-order valence-corrected chi connectivity index (χ2v) is 7.93. The smallest absolute Gasteiger partial charge is 0.252 e. The molecule has 4 N–H and O–H groups in total. The fraction of sp³-hybridized carbons (Fsp3) is 0.263. The minimum Gasteiger partial charge on any atom is -0.355 e. The number of aromatic nitrogens is 1. The van der Waals surface area contributed by atoms with E-state index in [0.29, 0.717) is 38.6 Å². The van der Waals surface area contributed by atoms with Crippen LogP contribution >= 0.6 is 34.8 Å². The third kappa shape index (κ3) is 4.26. The van der Waals surface area contributed by atoms with Crippen LogP contribution in [0.4, 0.5) is 11.5 Å². The summed E-state index contributed by atoms with van der Waals surface area (Å²) in [4.78, 5) is 16.7. The number of hydrogen-bond donors (Lipinski definition) is 4. The molecule has 1 saturated heterocycles. The maximum atomic E-state index is 12.6. The molecular formula is C19H18Cl3N5O. The van der Waals surface area contributed by atoms with Gasteiger partial charge in [0.15, 0.2) is 0 Å². The molecular weight excluding hydrogens is 421 g/mol. The summed E-state index contributed by atoms with van der Waals surface area (Å²) in [5, 5.41) is 14.6. The summed E-state index contributed by atoms with van der Waals surface area (Å²) in [7, 11) is 0. The van der Waals surface area contributed by atoms with Crippen molar-refractivity contribution in [2.75, 3.05) is 10.6 Å². The largest absolute Gasteiger partial charge is 0.355 e. The van der Waals surface area contributed by atoms with Crippen molar-refractivity contribution in [3.8, 4) is 0 Å². The predicted molar refractivity (Wildman–Crippen MR) is 113 cm³/mol. The van der Waals surface area contributed by atoms with Crippen molar-refractivity contribution in [2.24, 2.45) is 0 Å². The lowest BCUT2D eigenvalue weighted by Crippen LogP contribution is -2.40. The van der Waals surface area contributed by atoms with Crippen LogP contribution in [0.25, 0.3) is 0 Å². The zero-order valence-corrected chi connectivity index (χ0v) is 16.9.